The molecule has 0 amide bonds. The largest absolute Gasteiger partial charge is 0.508 e. The predicted octanol–water partition coefficient (Wildman–Crippen LogP) is 6.83. The lowest BCUT2D eigenvalue weighted by Crippen LogP contribution is -2.11. The third-order valence-electron chi connectivity index (χ3n) is 5.60. The highest BCUT2D eigenvalue weighted by Crippen LogP contribution is 2.40. The molecule has 5 rings (SSSR count). The van der Waals surface area contributed by atoms with Crippen molar-refractivity contribution in [2.24, 2.45) is 0 Å². The first-order chi connectivity index (χ1) is 18.4. The normalized spacial score (nSPS) is 12.2. The second kappa shape index (κ2) is 9.49. The maximum Gasteiger partial charge on any atom is 0.417 e. The van der Waals surface area contributed by atoms with Crippen molar-refractivity contribution >= 4 is 11.0 Å². The third-order valence-corrected chi connectivity index (χ3v) is 5.60. The molecular formula is C26H14F6N2O5. The smallest absolute Gasteiger partial charge is 0.417 e. The molecule has 0 bridgehead atoms. The summed E-state index contributed by atoms with van der Waals surface area (Å²) in [6.07, 6.45) is -9.92. The molecule has 39 heavy (non-hydrogen) atoms. The number of phenolic OH excluding ortho intramolecular Hbond substituents is 1. The Morgan fingerprint density at radius 3 is 2.31 bits per heavy atom. The van der Waals surface area contributed by atoms with E-state index in [-0.39, 0.29) is 46.2 Å². The average Bonchev–Trinajstić information content (AvgIpc) is 3.36. The first-order valence-electron chi connectivity index (χ1n) is 11.0. The fourth-order valence-electron chi connectivity index (χ4n) is 3.80. The Kier molecular flexibility index (Phi) is 6.29. The van der Waals surface area contributed by atoms with Crippen LogP contribution in [0.2, 0.25) is 0 Å². The van der Waals surface area contributed by atoms with Crippen molar-refractivity contribution in [1.82, 2.24) is 10.1 Å². The summed E-state index contributed by atoms with van der Waals surface area (Å²) in [5.74, 6) is -1.49. The zero-order valence-corrected chi connectivity index (χ0v) is 19.3. The summed E-state index contributed by atoms with van der Waals surface area (Å²) < 4.78 is 96.1. The SMILES string of the molecule is O=c1c(-c2ccc(O)cc2)c(OCc2noc(-c3cc(C(F)(F)F)ccc3C(F)(F)F)n2)oc2ccccc12. The molecule has 7 nitrogen and oxygen atoms in total. The Balaban J connectivity index is 1.52. The first kappa shape index (κ1) is 25.8. The Morgan fingerprint density at radius 2 is 1.62 bits per heavy atom. The molecular weight excluding hydrogens is 534 g/mol. The lowest BCUT2D eigenvalue weighted by atomic mass is 10.0. The minimum absolute atomic E-state index is 0.0188. The van der Waals surface area contributed by atoms with Crippen LogP contribution in [0.5, 0.6) is 11.7 Å². The number of aromatic nitrogens is 2. The molecule has 1 N–H and O–H groups in total. The van der Waals surface area contributed by atoms with Gasteiger partial charge in [0.2, 0.25) is 11.3 Å². The van der Waals surface area contributed by atoms with E-state index in [1.807, 2.05) is 0 Å². The van der Waals surface area contributed by atoms with E-state index in [9.17, 15) is 36.2 Å². The predicted molar refractivity (Wildman–Crippen MR) is 124 cm³/mol. The van der Waals surface area contributed by atoms with Gasteiger partial charge < -0.3 is 18.8 Å². The molecule has 0 aliphatic heterocycles. The van der Waals surface area contributed by atoms with Crippen LogP contribution in [0.3, 0.4) is 0 Å². The highest BCUT2D eigenvalue weighted by Gasteiger charge is 2.38. The summed E-state index contributed by atoms with van der Waals surface area (Å²) in [5, 5.41) is 13.3. The number of hydrogen-bond donors (Lipinski definition) is 1. The summed E-state index contributed by atoms with van der Waals surface area (Å²) in [7, 11) is 0. The zero-order chi connectivity index (χ0) is 27.9. The number of aromatic hydroxyl groups is 1. The minimum atomic E-state index is -5.00. The molecule has 0 fully saturated rings. The molecule has 0 saturated heterocycles. The van der Waals surface area contributed by atoms with Gasteiger partial charge in [-0.2, -0.15) is 31.3 Å². The van der Waals surface area contributed by atoms with E-state index < -0.39 is 47.0 Å². The molecule has 0 aliphatic rings. The first-order valence-corrected chi connectivity index (χ1v) is 11.0. The van der Waals surface area contributed by atoms with Crippen LogP contribution in [-0.2, 0) is 19.0 Å². The van der Waals surface area contributed by atoms with Gasteiger partial charge in [0, 0.05) is 0 Å². The van der Waals surface area contributed by atoms with E-state index in [0.717, 1.165) is 0 Å². The highest BCUT2D eigenvalue weighted by atomic mass is 19.4. The van der Waals surface area contributed by atoms with Crippen molar-refractivity contribution in [2.75, 3.05) is 0 Å². The van der Waals surface area contributed by atoms with Crippen molar-refractivity contribution in [3.8, 4) is 34.3 Å². The standard InChI is InChI=1S/C26H14F6N2O5/c27-25(28,29)14-7-10-18(26(30,31)32)17(11-14)23-33-20(34-39-23)12-37-24-21(13-5-8-15(35)9-6-13)22(36)16-3-1-2-4-19(16)38-24/h1-11,35H,12H2. The molecule has 2 aromatic heterocycles. The number of benzene rings is 3. The summed E-state index contributed by atoms with van der Waals surface area (Å²) in [6, 6.07) is 12.7. The van der Waals surface area contributed by atoms with E-state index in [1.165, 1.54) is 36.4 Å². The minimum Gasteiger partial charge on any atom is -0.508 e. The van der Waals surface area contributed by atoms with Gasteiger partial charge in [0.1, 0.15) is 16.9 Å². The van der Waals surface area contributed by atoms with E-state index >= 15 is 0 Å². The monoisotopic (exact) mass is 548 g/mol. The van der Waals surface area contributed by atoms with Crippen molar-refractivity contribution < 1.29 is 45.1 Å². The summed E-state index contributed by atoms with van der Waals surface area (Å²) in [6.45, 7) is -0.573. The molecule has 0 unspecified atom stereocenters. The number of fused-ring (bicyclic) bond motifs is 1. The Bertz CT molecular complexity index is 1720. The van der Waals surface area contributed by atoms with Gasteiger partial charge in [0.05, 0.1) is 22.1 Å². The van der Waals surface area contributed by atoms with Crippen LogP contribution in [0, 0.1) is 0 Å². The molecule has 0 atom stereocenters. The molecule has 0 spiro atoms. The van der Waals surface area contributed by atoms with E-state index in [1.54, 1.807) is 12.1 Å². The number of hydrogen-bond acceptors (Lipinski definition) is 7. The molecule has 5 aromatic rings. The topological polar surface area (TPSA) is 98.6 Å². The van der Waals surface area contributed by atoms with Crippen molar-refractivity contribution in [3.63, 3.8) is 0 Å². The van der Waals surface area contributed by atoms with E-state index in [0.29, 0.717) is 11.6 Å². The van der Waals surface area contributed by atoms with Gasteiger partial charge >= 0.3 is 12.4 Å². The lowest BCUT2D eigenvalue weighted by Gasteiger charge is -2.13. The van der Waals surface area contributed by atoms with E-state index in [2.05, 4.69) is 10.1 Å². The van der Waals surface area contributed by atoms with Gasteiger partial charge in [-0.15, -0.1) is 0 Å². The quantitative estimate of drug-likeness (QED) is 0.240. The van der Waals surface area contributed by atoms with Crippen molar-refractivity contribution in [3.05, 3.63) is 93.9 Å². The van der Waals surface area contributed by atoms with Crippen molar-refractivity contribution in [2.45, 2.75) is 19.0 Å². The van der Waals surface area contributed by atoms with Gasteiger partial charge in [-0.3, -0.25) is 4.79 Å². The zero-order valence-electron chi connectivity index (χ0n) is 19.3. The fraction of sp³-hybridized carbons (Fsp3) is 0.115. The maximum absolute atomic E-state index is 13.5. The molecule has 3 aromatic carbocycles. The van der Waals surface area contributed by atoms with Gasteiger partial charge in [-0.05, 0) is 48.0 Å². The molecule has 2 heterocycles. The van der Waals surface area contributed by atoms with Crippen LogP contribution in [0.25, 0.3) is 33.6 Å². The Morgan fingerprint density at radius 1 is 0.897 bits per heavy atom. The number of phenols is 1. The van der Waals surface area contributed by atoms with Crippen LogP contribution in [0.1, 0.15) is 17.0 Å². The van der Waals surface area contributed by atoms with Gasteiger partial charge in [-0.1, -0.05) is 29.4 Å². The molecule has 0 aliphatic carbocycles. The average molecular weight is 548 g/mol. The second-order valence-electron chi connectivity index (χ2n) is 8.20. The van der Waals surface area contributed by atoms with Crippen LogP contribution in [0.15, 0.2) is 80.5 Å². The maximum atomic E-state index is 13.5. The number of rotatable bonds is 5. The molecule has 200 valence electrons. The summed E-state index contributed by atoms with van der Waals surface area (Å²) >= 11 is 0. The number of alkyl halides is 6. The Labute approximate surface area is 213 Å². The summed E-state index contributed by atoms with van der Waals surface area (Å²) in [5.41, 5.74) is -3.68. The van der Waals surface area contributed by atoms with Crippen LogP contribution < -0.4 is 10.2 Å². The molecule has 0 radical (unpaired) electrons. The number of para-hydroxylation sites is 1. The Hall–Kier alpha value is -4.81. The number of nitrogens with zero attached hydrogens (tertiary/aromatic N) is 2. The molecule has 0 saturated carbocycles. The summed E-state index contributed by atoms with van der Waals surface area (Å²) in [4.78, 5) is 17.0. The number of halogens is 6. The van der Waals surface area contributed by atoms with Crippen LogP contribution >= 0.6 is 0 Å². The third kappa shape index (κ3) is 5.15. The number of ether oxygens (including phenoxy) is 1. The van der Waals surface area contributed by atoms with E-state index in [4.69, 9.17) is 13.7 Å². The lowest BCUT2D eigenvalue weighted by molar-refractivity contribution is -0.141. The molecule has 13 heteroatoms. The van der Waals surface area contributed by atoms with Crippen LogP contribution in [-0.4, -0.2) is 15.2 Å². The van der Waals surface area contributed by atoms with Gasteiger partial charge in [-0.25, -0.2) is 0 Å². The second-order valence-corrected chi connectivity index (χ2v) is 8.20. The highest BCUT2D eigenvalue weighted by molar-refractivity contribution is 5.84. The van der Waals surface area contributed by atoms with Gasteiger partial charge in [0.25, 0.3) is 11.8 Å². The van der Waals surface area contributed by atoms with Gasteiger partial charge in [0.15, 0.2) is 6.61 Å². The fourth-order valence-corrected chi connectivity index (χ4v) is 3.80. The van der Waals surface area contributed by atoms with Crippen LogP contribution in [0.4, 0.5) is 26.3 Å². The van der Waals surface area contributed by atoms with Crippen molar-refractivity contribution in [1.29, 1.82) is 0 Å².